The van der Waals surface area contributed by atoms with E-state index in [0.29, 0.717) is 11.0 Å². The molecule has 0 unspecified atom stereocenters. The second-order valence-corrected chi connectivity index (χ2v) is 6.15. The van der Waals surface area contributed by atoms with Crippen molar-refractivity contribution >= 4 is 23.7 Å². The van der Waals surface area contributed by atoms with Gasteiger partial charge in [0.05, 0.1) is 12.3 Å². The molecule has 1 rings (SSSR count). The molecule has 1 aromatic rings. The molecule has 9 heteroatoms. The lowest BCUT2D eigenvalue weighted by Crippen LogP contribution is -2.48. The van der Waals surface area contributed by atoms with E-state index in [4.69, 9.17) is 5.73 Å². The maximum Gasteiger partial charge on any atom is 0.321 e. The van der Waals surface area contributed by atoms with Crippen LogP contribution in [0, 0.1) is 0 Å². The molecule has 0 radical (unpaired) electrons. The highest BCUT2D eigenvalue weighted by Gasteiger charge is 2.16. The molecule has 112 valence electrons. The van der Waals surface area contributed by atoms with Crippen LogP contribution < -0.4 is 16.4 Å². The Morgan fingerprint density at radius 2 is 2.00 bits per heavy atom. The van der Waals surface area contributed by atoms with Gasteiger partial charge in [0.25, 0.3) is 0 Å². The largest absolute Gasteiger partial charge is 0.333 e. The highest BCUT2D eigenvalue weighted by atomic mass is 32.2. The summed E-state index contributed by atoms with van der Waals surface area (Å²) in [6, 6.07) is -0.510. The fourth-order valence-corrected chi connectivity index (χ4v) is 2.04. The minimum Gasteiger partial charge on any atom is -0.333 e. The molecule has 0 fully saturated rings. The lowest BCUT2D eigenvalue weighted by atomic mass is 10.1. The van der Waals surface area contributed by atoms with Crippen molar-refractivity contribution in [3.05, 3.63) is 5.82 Å². The number of rotatable bonds is 4. The van der Waals surface area contributed by atoms with Crippen LogP contribution in [-0.4, -0.2) is 38.0 Å². The van der Waals surface area contributed by atoms with Gasteiger partial charge in [-0.2, -0.15) is 0 Å². The van der Waals surface area contributed by atoms with Crippen molar-refractivity contribution in [2.24, 2.45) is 12.8 Å². The summed E-state index contributed by atoms with van der Waals surface area (Å²) in [6.45, 7) is 5.78. The van der Waals surface area contributed by atoms with Gasteiger partial charge in [0, 0.05) is 12.6 Å². The number of hydrogen-bond donors (Lipinski definition) is 3. The number of hydrogen-bond acceptors (Lipinski definition) is 6. The molecule has 3 amide bonds. The van der Waals surface area contributed by atoms with Gasteiger partial charge in [-0.05, 0) is 20.8 Å². The molecule has 0 aliphatic heterocycles. The Morgan fingerprint density at radius 1 is 1.35 bits per heavy atom. The van der Waals surface area contributed by atoms with E-state index in [1.807, 2.05) is 20.8 Å². The number of carbonyl (C=O) groups is 2. The van der Waals surface area contributed by atoms with Gasteiger partial charge in [-0.1, -0.05) is 11.8 Å². The number of nitrogens with one attached hydrogen (secondary N) is 2. The quantitative estimate of drug-likeness (QED) is 0.674. The summed E-state index contributed by atoms with van der Waals surface area (Å²) in [5.41, 5.74) is 5.09. The highest BCUT2D eigenvalue weighted by molar-refractivity contribution is 7.99. The van der Waals surface area contributed by atoms with Crippen LogP contribution in [0.15, 0.2) is 5.16 Å². The Morgan fingerprint density at radius 3 is 2.50 bits per heavy atom. The zero-order chi connectivity index (χ0) is 15.3. The summed E-state index contributed by atoms with van der Waals surface area (Å²) in [5, 5.41) is 13.3. The molecule has 0 atom stereocenters. The molecule has 20 heavy (non-hydrogen) atoms. The number of nitrogens with zero attached hydrogens (tertiary/aromatic N) is 3. The zero-order valence-corrected chi connectivity index (χ0v) is 12.9. The van der Waals surface area contributed by atoms with Gasteiger partial charge in [0.1, 0.15) is 5.82 Å². The monoisotopic (exact) mass is 300 g/mol. The summed E-state index contributed by atoms with van der Waals surface area (Å²) in [5.74, 6) is 0.320. The number of carbonyl (C=O) groups excluding carboxylic acids is 2. The molecule has 0 aliphatic rings. The molecule has 0 bridgehead atoms. The van der Waals surface area contributed by atoms with Gasteiger partial charge in [-0.25, -0.2) is 4.79 Å². The van der Waals surface area contributed by atoms with Gasteiger partial charge < -0.3 is 15.6 Å². The van der Waals surface area contributed by atoms with Crippen LogP contribution in [0.1, 0.15) is 26.6 Å². The van der Waals surface area contributed by atoms with Gasteiger partial charge in [0.2, 0.25) is 5.91 Å². The molecule has 0 aliphatic carbocycles. The number of amides is 3. The number of thioether (sulfide) groups is 1. The number of urea groups is 1. The average molecular weight is 300 g/mol. The topological polar surface area (TPSA) is 115 Å². The lowest BCUT2D eigenvalue weighted by Gasteiger charge is -2.20. The maximum absolute atomic E-state index is 11.6. The summed E-state index contributed by atoms with van der Waals surface area (Å²) in [4.78, 5) is 23.1. The Hall–Kier alpha value is -1.61. The van der Waals surface area contributed by atoms with Crippen LogP contribution in [0.25, 0.3) is 0 Å². The predicted octanol–water partition coefficient (Wildman–Crippen LogP) is -0.00980. The van der Waals surface area contributed by atoms with Crippen molar-refractivity contribution in [1.29, 1.82) is 0 Å². The van der Waals surface area contributed by atoms with Crippen molar-refractivity contribution < 1.29 is 9.59 Å². The van der Waals surface area contributed by atoms with E-state index in [1.165, 1.54) is 11.8 Å². The van der Waals surface area contributed by atoms with Crippen molar-refractivity contribution in [2.75, 3.05) is 5.75 Å². The van der Waals surface area contributed by atoms with Crippen LogP contribution in [0.2, 0.25) is 0 Å². The Bertz CT molecular complexity index is 494. The minimum atomic E-state index is -0.510. The zero-order valence-electron chi connectivity index (χ0n) is 12.1. The van der Waals surface area contributed by atoms with Crippen LogP contribution in [-0.2, 0) is 18.4 Å². The standard InChI is InChI=1S/C11H20N6O2S/c1-11(2,3)14-9(19)13-8(18)6-20-10-16-15-7(5-12)17(10)4/h5-6,12H2,1-4H3,(H2,13,14,18,19). The van der Waals surface area contributed by atoms with E-state index < -0.39 is 17.5 Å². The third kappa shape index (κ3) is 5.17. The first kappa shape index (κ1) is 16.4. The van der Waals surface area contributed by atoms with Gasteiger partial charge in [0.15, 0.2) is 5.16 Å². The van der Waals surface area contributed by atoms with Crippen LogP contribution >= 0.6 is 11.8 Å². The average Bonchev–Trinajstić information content (AvgIpc) is 2.64. The van der Waals surface area contributed by atoms with Crippen LogP contribution in [0.3, 0.4) is 0 Å². The normalized spacial score (nSPS) is 11.2. The Balaban J connectivity index is 2.43. The summed E-state index contributed by atoms with van der Waals surface area (Å²) >= 11 is 1.19. The minimum absolute atomic E-state index is 0.0775. The predicted molar refractivity (Wildman–Crippen MR) is 76.0 cm³/mol. The number of nitrogens with two attached hydrogens (primary N) is 1. The van der Waals surface area contributed by atoms with E-state index in [1.54, 1.807) is 11.6 Å². The van der Waals surface area contributed by atoms with Crippen molar-refractivity contribution in [3.8, 4) is 0 Å². The van der Waals surface area contributed by atoms with Crippen LogP contribution in [0.5, 0.6) is 0 Å². The molecular formula is C11H20N6O2S. The number of aromatic nitrogens is 3. The summed E-state index contributed by atoms with van der Waals surface area (Å²) in [6.07, 6.45) is 0. The molecule has 0 saturated heterocycles. The molecule has 1 aromatic heterocycles. The van der Waals surface area contributed by atoms with E-state index in [0.717, 1.165) is 0 Å². The van der Waals surface area contributed by atoms with E-state index in [2.05, 4.69) is 20.8 Å². The van der Waals surface area contributed by atoms with Crippen molar-refractivity contribution in [2.45, 2.75) is 38.0 Å². The summed E-state index contributed by atoms with van der Waals surface area (Å²) in [7, 11) is 1.77. The van der Waals surface area contributed by atoms with E-state index >= 15 is 0 Å². The van der Waals surface area contributed by atoms with Crippen molar-refractivity contribution in [1.82, 2.24) is 25.4 Å². The molecule has 0 spiro atoms. The third-order valence-electron chi connectivity index (χ3n) is 2.18. The SMILES string of the molecule is Cn1c(CN)nnc1SCC(=O)NC(=O)NC(C)(C)C. The Kier molecular flexibility index (Phi) is 5.52. The molecule has 0 aromatic carbocycles. The Labute approximate surface area is 121 Å². The second kappa shape index (κ2) is 6.71. The van der Waals surface area contributed by atoms with Gasteiger partial charge >= 0.3 is 6.03 Å². The first-order valence-electron chi connectivity index (χ1n) is 6.06. The smallest absolute Gasteiger partial charge is 0.321 e. The van der Waals surface area contributed by atoms with Crippen molar-refractivity contribution in [3.63, 3.8) is 0 Å². The fraction of sp³-hybridized carbons (Fsp3) is 0.636. The molecule has 8 nitrogen and oxygen atoms in total. The van der Waals surface area contributed by atoms with Gasteiger partial charge in [-0.3, -0.25) is 10.1 Å². The third-order valence-corrected chi connectivity index (χ3v) is 3.20. The van der Waals surface area contributed by atoms with E-state index in [-0.39, 0.29) is 12.3 Å². The fourth-order valence-electron chi connectivity index (χ4n) is 1.31. The lowest BCUT2D eigenvalue weighted by molar-refractivity contribution is -0.117. The molecule has 4 N–H and O–H groups in total. The first-order chi connectivity index (χ1) is 9.23. The van der Waals surface area contributed by atoms with E-state index in [9.17, 15) is 9.59 Å². The highest BCUT2D eigenvalue weighted by Crippen LogP contribution is 2.14. The first-order valence-corrected chi connectivity index (χ1v) is 7.04. The maximum atomic E-state index is 11.6. The molecular weight excluding hydrogens is 280 g/mol. The second-order valence-electron chi connectivity index (χ2n) is 5.20. The van der Waals surface area contributed by atoms with Crippen LogP contribution in [0.4, 0.5) is 4.79 Å². The summed E-state index contributed by atoms with van der Waals surface area (Å²) < 4.78 is 1.72. The molecule has 1 heterocycles. The number of imide groups is 1. The van der Waals surface area contributed by atoms with Gasteiger partial charge in [-0.15, -0.1) is 10.2 Å². The molecule has 0 saturated carbocycles.